The van der Waals surface area contributed by atoms with Crippen LogP contribution < -0.4 is 0 Å². The van der Waals surface area contributed by atoms with E-state index in [0.717, 1.165) is 10.9 Å². The number of thiophene rings is 1. The predicted octanol–water partition coefficient (Wildman–Crippen LogP) is 3.43. The van der Waals surface area contributed by atoms with Crippen LogP contribution in [0.15, 0.2) is 34.9 Å². The Hall–Kier alpha value is -1.41. The van der Waals surface area contributed by atoms with Gasteiger partial charge in [-0.25, -0.2) is 8.42 Å². The van der Waals surface area contributed by atoms with Gasteiger partial charge in [0.25, 0.3) is 0 Å². The van der Waals surface area contributed by atoms with Gasteiger partial charge < -0.3 is 4.52 Å². The first kappa shape index (κ1) is 15.1. The first-order valence-corrected chi connectivity index (χ1v) is 9.91. The third-order valence-corrected chi connectivity index (χ3v) is 7.07. The molecule has 0 saturated carbocycles. The van der Waals surface area contributed by atoms with Gasteiger partial charge in [-0.05, 0) is 30.2 Å². The summed E-state index contributed by atoms with van der Waals surface area (Å²) in [4.78, 5) is 1.17. The molecular formula is C15H13ClN2O3S2. The van der Waals surface area contributed by atoms with Gasteiger partial charge in [0.05, 0.1) is 4.34 Å². The highest BCUT2D eigenvalue weighted by atomic mass is 35.5. The molecule has 5 nitrogen and oxygen atoms in total. The van der Waals surface area contributed by atoms with Crippen LogP contribution in [0.4, 0.5) is 0 Å². The summed E-state index contributed by atoms with van der Waals surface area (Å²) in [5, 5.41) is 4.67. The Morgan fingerprint density at radius 1 is 1.35 bits per heavy atom. The Bertz CT molecular complexity index is 978. The van der Waals surface area contributed by atoms with Gasteiger partial charge in [0, 0.05) is 23.4 Å². The second-order valence-corrected chi connectivity index (χ2v) is 9.20. The number of halogens is 1. The van der Waals surface area contributed by atoms with Crippen LogP contribution in [0.1, 0.15) is 16.1 Å². The number of sulfonamides is 1. The molecule has 0 unspecified atom stereocenters. The van der Waals surface area contributed by atoms with Gasteiger partial charge >= 0.3 is 0 Å². The van der Waals surface area contributed by atoms with Crippen LogP contribution in [0.25, 0.3) is 11.0 Å². The Morgan fingerprint density at radius 2 is 2.17 bits per heavy atom. The fourth-order valence-corrected chi connectivity index (χ4v) is 5.55. The molecule has 0 N–H and O–H groups in total. The van der Waals surface area contributed by atoms with E-state index in [-0.39, 0.29) is 5.75 Å². The van der Waals surface area contributed by atoms with Crippen molar-refractivity contribution in [1.29, 1.82) is 0 Å². The van der Waals surface area contributed by atoms with Crippen molar-refractivity contribution in [2.75, 3.05) is 6.54 Å². The molecule has 3 aromatic rings. The van der Waals surface area contributed by atoms with Gasteiger partial charge in [-0.1, -0.05) is 28.9 Å². The summed E-state index contributed by atoms with van der Waals surface area (Å²) >= 11 is 7.55. The summed E-state index contributed by atoms with van der Waals surface area (Å²) in [6.07, 6.45) is 0.700. The zero-order valence-electron chi connectivity index (χ0n) is 12.0. The number of hydrogen-bond donors (Lipinski definition) is 0. The van der Waals surface area contributed by atoms with E-state index in [1.54, 1.807) is 6.07 Å². The van der Waals surface area contributed by atoms with Gasteiger partial charge in [-0.3, -0.25) is 0 Å². The SMILES string of the molecule is O=S(=O)(Cc1noc2ccccc12)N1CCc2sc(Cl)cc2C1. The van der Waals surface area contributed by atoms with Crippen LogP contribution in [-0.2, 0) is 28.7 Å². The van der Waals surface area contributed by atoms with E-state index in [1.807, 2.05) is 24.3 Å². The van der Waals surface area contributed by atoms with Crippen LogP contribution in [-0.4, -0.2) is 24.4 Å². The molecule has 0 radical (unpaired) electrons. The largest absolute Gasteiger partial charge is 0.356 e. The molecule has 0 amide bonds. The van der Waals surface area contributed by atoms with Crippen molar-refractivity contribution in [2.24, 2.45) is 0 Å². The van der Waals surface area contributed by atoms with Gasteiger partial charge in [0.1, 0.15) is 11.4 Å². The molecular weight excluding hydrogens is 356 g/mol. The van der Waals surface area contributed by atoms with E-state index in [1.165, 1.54) is 20.5 Å². The Kier molecular flexibility index (Phi) is 3.68. The van der Waals surface area contributed by atoms with Crippen LogP contribution >= 0.6 is 22.9 Å². The lowest BCUT2D eigenvalue weighted by Gasteiger charge is -2.25. The maximum Gasteiger partial charge on any atom is 0.220 e. The van der Waals surface area contributed by atoms with Crippen molar-refractivity contribution in [2.45, 2.75) is 18.7 Å². The van der Waals surface area contributed by atoms with E-state index < -0.39 is 10.0 Å². The molecule has 1 aliphatic rings. The van der Waals surface area contributed by atoms with Crippen molar-refractivity contribution < 1.29 is 12.9 Å². The van der Waals surface area contributed by atoms with E-state index >= 15 is 0 Å². The van der Waals surface area contributed by atoms with Crippen LogP contribution in [0.5, 0.6) is 0 Å². The third-order valence-electron chi connectivity index (χ3n) is 3.97. The lowest BCUT2D eigenvalue weighted by molar-refractivity contribution is 0.391. The number of hydrogen-bond acceptors (Lipinski definition) is 5. The molecule has 23 heavy (non-hydrogen) atoms. The molecule has 0 fully saturated rings. The molecule has 4 rings (SSSR count). The molecule has 0 bridgehead atoms. The van der Waals surface area contributed by atoms with Crippen molar-refractivity contribution in [3.63, 3.8) is 0 Å². The minimum absolute atomic E-state index is 0.156. The Labute approximate surface area is 142 Å². The molecule has 0 spiro atoms. The smallest absolute Gasteiger partial charge is 0.220 e. The van der Waals surface area contributed by atoms with Gasteiger partial charge in [-0.15, -0.1) is 11.3 Å². The first-order valence-electron chi connectivity index (χ1n) is 7.11. The highest BCUT2D eigenvalue weighted by Gasteiger charge is 2.29. The Morgan fingerprint density at radius 3 is 3.04 bits per heavy atom. The fourth-order valence-electron chi connectivity index (χ4n) is 2.81. The maximum atomic E-state index is 12.7. The quantitative estimate of drug-likeness (QED) is 0.710. The van der Waals surface area contributed by atoms with E-state index in [2.05, 4.69) is 5.16 Å². The number of aromatic nitrogens is 1. The van der Waals surface area contributed by atoms with E-state index in [4.69, 9.17) is 16.1 Å². The van der Waals surface area contributed by atoms with Gasteiger partial charge in [-0.2, -0.15) is 4.31 Å². The minimum Gasteiger partial charge on any atom is -0.356 e. The first-order chi connectivity index (χ1) is 11.0. The number of benzene rings is 1. The summed E-state index contributed by atoms with van der Waals surface area (Å²) < 4.78 is 32.9. The van der Waals surface area contributed by atoms with Gasteiger partial charge in [0.2, 0.25) is 10.0 Å². The molecule has 120 valence electrons. The third kappa shape index (κ3) is 2.78. The van der Waals surface area contributed by atoms with Crippen molar-refractivity contribution in [3.8, 4) is 0 Å². The summed E-state index contributed by atoms with van der Waals surface area (Å²) in [7, 11) is -3.46. The summed E-state index contributed by atoms with van der Waals surface area (Å²) in [5.74, 6) is -0.156. The lowest BCUT2D eigenvalue weighted by atomic mass is 10.1. The summed E-state index contributed by atoms with van der Waals surface area (Å²) in [6.45, 7) is 0.846. The number of nitrogens with zero attached hydrogens (tertiary/aromatic N) is 2. The zero-order valence-corrected chi connectivity index (χ0v) is 14.4. The lowest BCUT2D eigenvalue weighted by Crippen LogP contribution is -2.36. The highest BCUT2D eigenvalue weighted by molar-refractivity contribution is 7.88. The molecule has 8 heteroatoms. The standard InChI is InChI=1S/C15H13ClN2O3S2/c16-15-7-10-8-18(6-5-14(10)22-15)23(19,20)9-12-11-3-1-2-4-13(11)21-17-12/h1-4,7H,5-6,8-9H2. The molecule has 3 heterocycles. The monoisotopic (exact) mass is 368 g/mol. The highest BCUT2D eigenvalue weighted by Crippen LogP contribution is 2.32. The van der Waals surface area contributed by atoms with Crippen molar-refractivity contribution in [3.05, 3.63) is 50.8 Å². The summed E-state index contributed by atoms with van der Waals surface area (Å²) in [6, 6.07) is 9.13. The zero-order chi connectivity index (χ0) is 16.0. The number of rotatable bonds is 3. The van der Waals surface area contributed by atoms with E-state index in [0.29, 0.717) is 35.1 Å². The maximum absolute atomic E-state index is 12.7. The number of para-hydroxylation sites is 1. The summed E-state index contributed by atoms with van der Waals surface area (Å²) in [5.41, 5.74) is 2.05. The normalized spacial score (nSPS) is 15.9. The van der Waals surface area contributed by atoms with Gasteiger partial charge in [0.15, 0.2) is 5.58 Å². The Balaban J connectivity index is 1.61. The second kappa shape index (κ2) is 5.59. The average Bonchev–Trinajstić information content (AvgIpc) is 3.09. The van der Waals surface area contributed by atoms with Crippen molar-refractivity contribution >= 4 is 43.9 Å². The van der Waals surface area contributed by atoms with Crippen LogP contribution in [0.2, 0.25) is 4.34 Å². The average molecular weight is 369 g/mol. The molecule has 1 aromatic carbocycles. The molecule has 0 saturated heterocycles. The molecule has 2 aromatic heterocycles. The van der Waals surface area contributed by atoms with E-state index in [9.17, 15) is 8.42 Å². The van der Waals surface area contributed by atoms with Crippen LogP contribution in [0.3, 0.4) is 0 Å². The second-order valence-electron chi connectivity index (χ2n) is 5.46. The van der Waals surface area contributed by atoms with Crippen molar-refractivity contribution in [1.82, 2.24) is 9.46 Å². The number of fused-ring (bicyclic) bond motifs is 2. The molecule has 0 atom stereocenters. The topological polar surface area (TPSA) is 63.4 Å². The fraction of sp³-hybridized carbons (Fsp3) is 0.267. The molecule has 1 aliphatic heterocycles. The predicted molar refractivity (Wildman–Crippen MR) is 90.1 cm³/mol. The minimum atomic E-state index is -3.46. The van der Waals surface area contributed by atoms with Crippen LogP contribution in [0, 0.1) is 0 Å². The molecule has 0 aliphatic carbocycles.